The van der Waals surface area contributed by atoms with E-state index in [1.807, 2.05) is 5.92 Å². The second kappa shape index (κ2) is 4.12. The molecule has 2 heteroatoms. The lowest BCUT2D eigenvalue weighted by Gasteiger charge is -2.14. The molecule has 0 aromatic carbocycles. The van der Waals surface area contributed by atoms with E-state index in [4.69, 9.17) is 6.42 Å². The second-order valence-electron chi connectivity index (χ2n) is 2.37. The molecular weight excluding hydrogens is 146 g/mol. The number of alkyl halides is 2. The summed E-state index contributed by atoms with van der Waals surface area (Å²) in [6.45, 7) is 3.13. The Morgan fingerprint density at radius 1 is 1.64 bits per heavy atom. The number of halogens is 2. The van der Waals surface area contributed by atoms with Gasteiger partial charge in [-0.2, -0.15) is 0 Å². The highest BCUT2D eigenvalue weighted by molar-refractivity contribution is 5.06. The van der Waals surface area contributed by atoms with Crippen molar-refractivity contribution in [3.8, 4) is 12.3 Å². The largest absolute Gasteiger partial charge is 0.279 e. The minimum Gasteiger partial charge on any atom is -0.201 e. The van der Waals surface area contributed by atoms with Crippen LogP contribution >= 0.6 is 0 Å². The monoisotopic (exact) mass is 158 g/mol. The van der Waals surface area contributed by atoms with Crippen molar-refractivity contribution in [2.75, 3.05) is 0 Å². The Hall–Kier alpha value is -0.840. The van der Waals surface area contributed by atoms with Crippen LogP contribution in [-0.4, -0.2) is 5.92 Å². The van der Waals surface area contributed by atoms with Crippen molar-refractivity contribution in [2.45, 2.75) is 26.2 Å². The first-order valence-electron chi connectivity index (χ1n) is 3.56. The van der Waals surface area contributed by atoms with Gasteiger partial charge in [-0.1, -0.05) is 18.9 Å². The van der Waals surface area contributed by atoms with Crippen molar-refractivity contribution >= 4 is 0 Å². The minimum atomic E-state index is -2.86. The van der Waals surface area contributed by atoms with E-state index in [2.05, 4.69) is 0 Å². The standard InChI is InChI=1S/C9H12F2/c1-4-6-7-9(10,11)8(3)5-2/h2,6-8H,4H2,1,3H3/b7-6+. The van der Waals surface area contributed by atoms with Crippen molar-refractivity contribution in [3.05, 3.63) is 12.2 Å². The molecule has 0 heterocycles. The highest BCUT2D eigenvalue weighted by Gasteiger charge is 2.31. The zero-order valence-electron chi connectivity index (χ0n) is 6.77. The summed E-state index contributed by atoms with van der Waals surface area (Å²) in [6, 6.07) is 0. The van der Waals surface area contributed by atoms with Gasteiger partial charge in [-0.3, -0.25) is 0 Å². The molecule has 0 fully saturated rings. The first kappa shape index (κ1) is 10.2. The molecule has 11 heavy (non-hydrogen) atoms. The van der Waals surface area contributed by atoms with Gasteiger partial charge in [-0.05, 0) is 19.4 Å². The molecule has 0 bridgehead atoms. The Labute approximate surface area is 66.3 Å². The summed E-state index contributed by atoms with van der Waals surface area (Å²) < 4.78 is 25.6. The summed E-state index contributed by atoms with van der Waals surface area (Å²) in [7, 11) is 0. The smallest absolute Gasteiger partial charge is 0.201 e. The Kier molecular flexibility index (Phi) is 3.81. The Morgan fingerprint density at radius 3 is 2.55 bits per heavy atom. The molecule has 0 nitrogen and oxygen atoms in total. The molecule has 0 saturated carbocycles. The zero-order valence-corrected chi connectivity index (χ0v) is 6.77. The number of hydrogen-bond acceptors (Lipinski definition) is 0. The maximum absolute atomic E-state index is 12.8. The van der Waals surface area contributed by atoms with Crippen molar-refractivity contribution < 1.29 is 8.78 Å². The normalized spacial score (nSPS) is 14.8. The zero-order chi connectivity index (χ0) is 8.91. The predicted octanol–water partition coefficient (Wildman–Crippen LogP) is 2.86. The topological polar surface area (TPSA) is 0 Å². The van der Waals surface area contributed by atoms with Crippen molar-refractivity contribution in [2.24, 2.45) is 5.92 Å². The van der Waals surface area contributed by atoms with Crippen LogP contribution in [-0.2, 0) is 0 Å². The van der Waals surface area contributed by atoms with E-state index in [0.717, 1.165) is 6.08 Å². The van der Waals surface area contributed by atoms with Crippen LogP contribution in [0, 0.1) is 18.3 Å². The molecule has 62 valence electrons. The number of terminal acetylenes is 1. The van der Waals surface area contributed by atoms with E-state index < -0.39 is 11.8 Å². The number of hydrogen-bond donors (Lipinski definition) is 0. The summed E-state index contributed by atoms with van der Waals surface area (Å²) in [5.74, 6) is -1.87. The van der Waals surface area contributed by atoms with Crippen LogP contribution in [0.3, 0.4) is 0 Å². The van der Waals surface area contributed by atoms with Gasteiger partial charge in [0.05, 0.1) is 5.92 Å². The molecular formula is C9H12F2. The molecule has 1 atom stereocenters. The Morgan fingerprint density at radius 2 is 2.18 bits per heavy atom. The maximum atomic E-state index is 12.8. The summed E-state index contributed by atoms with van der Waals surface area (Å²) in [5.41, 5.74) is 0. The van der Waals surface area contributed by atoms with E-state index in [1.54, 1.807) is 6.92 Å². The predicted molar refractivity (Wildman–Crippen MR) is 42.4 cm³/mol. The van der Waals surface area contributed by atoms with Crippen LogP contribution in [0.1, 0.15) is 20.3 Å². The lowest BCUT2D eigenvalue weighted by atomic mass is 10.0. The van der Waals surface area contributed by atoms with Crippen LogP contribution in [0.25, 0.3) is 0 Å². The lowest BCUT2D eigenvalue weighted by Crippen LogP contribution is -2.21. The molecule has 0 radical (unpaired) electrons. The van der Waals surface area contributed by atoms with Crippen LogP contribution in [0.15, 0.2) is 12.2 Å². The molecule has 1 unspecified atom stereocenters. The van der Waals surface area contributed by atoms with Gasteiger partial charge < -0.3 is 0 Å². The van der Waals surface area contributed by atoms with Gasteiger partial charge in [0.15, 0.2) is 0 Å². The van der Waals surface area contributed by atoms with Crippen LogP contribution < -0.4 is 0 Å². The van der Waals surface area contributed by atoms with Gasteiger partial charge in [-0.15, -0.1) is 6.42 Å². The van der Waals surface area contributed by atoms with E-state index in [-0.39, 0.29) is 0 Å². The third-order valence-corrected chi connectivity index (χ3v) is 1.40. The summed E-state index contributed by atoms with van der Waals surface area (Å²) in [6.07, 6.45) is 7.77. The quantitative estimate of drug-likeness (QED) is 0.437. The molecule has 0 aliphatic rings. The molecule has 0 N–H and O–H groups in total. The number of allylic oxidation sites excluding steroid dienone is 2. The van der Waals surface area contributed by atoms with Gasteiger partial charge in [0.2, 0.25) is 0 Å². The molecule has 0 aromatic heterocycles. The minimum absolute atomic E-state index is 0.604. The fourth-order valence-corrected chi connectivity index (χ4v) is 0.530. The molecule has 0 spiro atoms. The Bertz CT molecular complexity index is 174. The van der Waals surface area contributed by atoms with Crippen molar-refractivity contribution in [3.63, 3.8) is 0 Å². The fourth-order valence-electron chi connectivity index (χ4n) is 0.530. The van der Waals surface area contributed by atoms with Crippen LogP contribution in [0.2, 0.25) is 0 Å². The van der Waals surface area contributed by atoms with E-state index in [9.17, 15) is 8.78 Å². The summed E-state index contributed by atoms with van der Waals surface area (Å²) in [4.78, 5) is 0. The van der Waals surface area contributed by atoms with Crippen molar-refractivity contribution in [1.82, 2.24) is 0 Å². The van der Waals surface area contributed by atoms with Gasteiger partial charge in [-0.25, -0.2) is 8.78 Å². The van der Waals surface area contributed by atoms with Crippen molar-refractivity contribution in [1.29, 1.82) is 0 Å². The van der Waals surface area contributed by atoms with Gasteiger partial charge >= 0.3 is 0 Å². The summed E-state index contributed by atoms with van der Waals surface area (Å²) in [5, 5.41) is 0. The number of rotatable bonds is 3. The van der Waals surface area contributed by atoms with E-state index in [0.29, 0.717) is 6.42 Å². The molecule has 0 rings (SSSR count). The third kappa shape index (κ3) is 3.18. The highest BCUT2D eigenvalue weighted by Crippen LogP contribution is 2.25. The van der Waals surface area contributed by atoms with Gasteiger partial charge in [0, 0.05) is 0 Å². The molecule has 0 aliphatic carbocycles. The van der Waals surface area contributed by atoms with Crippen LogP contribution in [0.4, 0.5) is 8.78 Å². The first-order valence-corrected chi connectivity index (χ1v) is 3.56. The summed E-state index contributed by atoms with van der Waals surface area (Å²) >= 11 is 0. The lowest BCUT2D eigenvalue weighted by molar-refractivity contribution is 0.0212. The first-order chi connectivity index (χ1) is 5.04. The molecule has 0 amide bonds. The van der Waals surface area contributed by atoms with Crippen LogP contribution in [0.5, 0.6) is 0 Å². The second-order valence-corrected chi connectivity index (χ2v) is 2.37. The van der Waals surface area contributed by atoms with E-state index >= 15 is 0 Å². The Balaban J connectivity index is 4.23. The molecule has 0 aliphatic heterocycles. The molecule has 0 aromatic rings. The third-order valence-electron chi connectivity index (χ3n) is 1.40. The average molecular weight is 158 g/mol. The van der Waals surface area contributed by atoms with Gasteiger partial charge in [0.25, 0.3) is 5.92 Å². The average Bonchev–Trinajstić information content (AvgIpc) is 1.99. The fraction of sp³-hybridized carbons (Fsp3) is 0.556. The maximum Gasteiger partial charge on any atom is 0.279 e. The van der Waals surface area contributed by atoms with E-state index in [1.165, 1.54) is 13.0 Å². The molecule has 0 saturated heterocycles. The SMILES string of the molecule is C#CC(C)C(F)(F)/C=C/CC. The highest BCUT2D eigenvalue weighted by atomic mass is 19.3. The van der Waals surface area contributed by atoms with Gasteiger partial charge in [0.1, 0.15) is 0 Å².